The fourth-order valence-corrected chi connectivity index (χ4v) is 2.30. The van der Waals surface area contributed by atoms with Gasteiger partial charge in [0, 0.05) is 17.6 Å². The number of carbonyl (C=O) groups excluding carboxylic acids is 2. The van der Waals surface area contributed by atoms with E-state index in [1.165, 1.54) is 5.56 Å². The van der Waals surface area contributed by atoms with E-state index in [1.54, 1.807) is 20.8 Å². The number of benzene rings is 1. The zero-order valence-corrected chi connectivity index (χ0v) is 12.9. The SMILES string of the molecule is CC(C)(C)C(=O)NNC(=O)CN1CCCc2ccccc21. The van der Waals surface area contributed by atoms with Gasteiger partial charge in [-0.15, -0.1) is 0 Å². The van der Waals surface area contributed by atoms with Crippen molar-refractivity contribution in [3.8, 4) is 0 Å². The molecule has 21 heavy (non-hydrogen) atoms. The molecule has 1 aliphatic rings. The lowest BCUT2D eigenvalue weighted by atomic mass is 9.96. The van der Waals surface area contributed by atoms with Crippen LogP contribution in [0.15, 0.2) is 24.3 Å². The predicted molar refractivity (Wildman–Crippen MR) is 82.7 cm³/mol. The van der Waals surface area contributed by atoms with Crippen molar-refractivity contribution in [1.29, 1.82) is 0 Å². The first-order chi connectivity index (χ1) is 9.88. The number of amides is 2. The first kappa shape index (κ1) is 15.4. The minimum Gasteiger partial charge on any atom is -0.362 e. The van der Waals surface area contributed by atoms with Gasteiger partial charge < -0.3 is 4.90 Å². The van der Waals surface area contributed by atoms with E-state index in [0.29, 0.717) is 0 Å². The number of hydrogen-bond acceptors (Lipinski definition) is 3. The van der Waals surface area contributed by atoms with E-state index in [4.69, 9.17) is 0 Å². The third kappa shape index (κ3) is 3.97. The van der Waals surface area contributed by atoms with Gasteiger partial charge in [-0.3, -0.25) is 20.4 Å². The van der Waals surface area contributed by atoms with E-state index >= 15 is 0 Å². The molecule has 2 amide bonds. The number of para-hydroxylation sites is 1. The highest BCUT2D eigenvalue weighted by Gasteiger charge is 2.22. The highest BCUT2D eigenvalue weighted by Crippen LogP contribution is 2.26. The van der Waals surface area contributed by atoms with Crippen LogP contribution in [0.1, 0.15) is 32.8 Å². The van der Waals surface area contributed by atoms with Crippen molar-refractivity contribution >= 4 is 17.5 Å². The maximum Gasteiger partial charge on any atom is 0.257 e. The Morgan fingerprint density at radius 3 is 2.62 bits per heavy atom. The predicted octanol–water partition coefficient (Wildman–Crippen LogP) is 1.63. The quantitative estimate of drug-likeness (QED) is 0.814. The number of hydrazine groups is 1. The van der Waals surface area contributed by atoms with Crippen LogP contribution in [0.5, 0.6) is 0 Å². The van der Waals surface area contributed by atoms with E-state index in [2.05, 4.69) is 21.8 Å². The van der Waals surface area contributed by atoms with Crippen LogP contribution in [0, 0.1) is 5.41 Å². The molecule has 0 bridgehead atoms. The van der Waals surface area contributed by atoms with Crippen LogP contribution in [0.2, 0.25) is 0 Å². The van der Waals surface area contributed by atoms with Crippen molar-refractivity contribution in [3.05, 3.63) is 29.8 Å². The molecule has 0 unspecified atom stereocenters. The molecule has 5 nitrogen and oxygen atoms in total. The highest BCUT2D eigenvalue weighted by atomic mass is 16.2. The second-order valence-electron chi connectivity index (χ2n) is 6.41. The number of anilines is 1. The number of nitrogens with zero attached hydrogens (tertiary/aromatic N) is 1. The molecule has 5 heteroatoms. The number of hydrogen-bond donors (Lipinski definition) is 2. The lowest BCUT2D eigenvalue weighted by Crippen LogP contribution is -2.50. The molecule has 0 aromatic heterocycles. The fourth-order valence-electron chi connectivity index (χ4n) is 2.30. The molecule has 0 spiro atoms. The molecule has 2 rings (SSSR count). The van der Waals surface area contributed by atoms with Crippen molar-refractivity contribution in [3.63, 3.8) is 0 Å². The summed E-state index contributed by atoms with van der Waals surface area (Å²) in [5.74, 6) is -0.404. The molecular weight excluding hydrogens is 266 g/mol. The van der Waals surface area contributed by atoms with Crippen molar-refractivity contribution in [1.82, 2.24) is 10.9 Å². The zero-order valence-electron chi connectivity index (χ0n) is 12.9. The number of aryl methyl sites for hydroxylation is 1. The molecule has 0 fully saturated rings. The summed E-state index contributed by atoms with van der Waals surface area (Å²) in [4.78, 5) is 25.8. The summed E-state index contributed by atoms with van der Waals surface area (Å²) in [6.07, 6.45) is 2.09. The van der Waals surface area contributed by atoms with Crippen molar-refractivity contribution < 1.29 is 9.59 Å². The molecule has 1 aromatic carbocycles. The summed E-state index contributed by atoms with van der Waals surface area (Å²) in [6, 6.07) is 8.14. The van der Waals surface area contributed by atoms with Crippen molar-refractivity contribution in [2.75, 3.05) is 18.0 Å². The Labute approximate surface area is 125 Å². The standard InChI is InChI=1S/C16H23N3O2/c1-16(2,3)15(21)18-17-14(20)11-19-10-6-8-12-7-4-5-9-13(12)19/h4-5,7,9H,6,8,10-11H2,1-3H3,(H,17,20)(H,18,21). The molecule has 1 aliphatic heterocycles. The van der Waals surface area contributed by atoms with Crippen molar-refractivity contribution in [2.24, 2.45) is 5.41 Å². The van der Waals surface area contributed by atoms with Crippen molar-refractivity contribution in [2.45, 2.75) is 33.6 Å². The average molecular weight is 289 g/mol. The Bertz CT molecular complexity index is 535. The molecule has 0 atom stereocenters. The Kier molecular flexibility index (Phi) is 4.50. The van der Waals surface area contributed by atoms with Crippen LogP contribution >= 0.6 is 0 Å². The summed E-state index contributed by atoms with van der Waals surface area (Å²) in [6.45, 7) is 6.51. The van der Waals surface area contributed by atoms with Crippen LogP contribution in [0.4, 0.5) is 5.69 Å². The third-order valence-corrected chi connectivity index (χ3v) is 3.54. The number of nitrogens with one attached hydrogen (secondary N) is 2. The Balaban J connectivity index is 1.91. The lowest BCUT2D eigenvalue weighted by molar-refractivity contribution is -0.133. The minimum atomic E-state index is -0.523. The third-order valence-electron chi connectivity index (χ3n) is 3.54. The Morgan fingerprint density at radius 1 is 1.19 bits per heavy atom. The topological polar surface area (TPSA) is 61.4 Å². The number of fused-ring (bicyclic) bond motifs is 1. The maximum atomic E-state index is 12.0. The summed E-state index contributed by atoms with van der Waals surface area (Å²) in [5, 5.41) is 0. The summed E-state index contributed by atoms with van der Waals surface area (Å²) in [5.41, 5.74) is 6.82. The molecule has 2 N–H and O–H groups in total. The van der Waals surface area contributed by atoms with Gasteiger partial charge in [-0.2, -0.15) is 0 Å². The molecule has 0 aliphatic carbocycles. The van der Waals surface area contributed by atoms with Crippen LogP contribution < -0.4 is 15.8 Å². The summed E-state index contributed by atoms with van der Waals surface area (Å²) < 4.78 is 0. The van der Waals surface area contributed by atoms with Gasteiger partial charge in [0.2, 0.25) is 5.91 Å². The van der Waals surface area contributed by atoms with E-state index in [9.17, 15) is 9.59 Å². The molecule has 1 aromatic rings. The Morgan fingerprint density at radius 2 is 1.90 bits per heavy atom. The lowest BCUT2D eigenvalue weighted by Gasteiger charge is -2.30. The smallest absolute Gasteiger partial charge is 0.257 e. The van der Waals surface area contributed by atoms with E-state index < -0.39 is 5.41 Å². The summed E-state index contributed by atoms with van der Waals surface area (Å²) >= 11 is 0. The largest absolute Gasteiger partial charge is 0.362 e. The first-order valence-electron chi connectivity index (χ1n) is 7.30. The fraction of sp³-hybridized carbons (Fsp3) is 0.500. The number of carbonyl (C=O) groups is 2. The molecule has 1 heterocycles. The van der Waals surface area contributed by atoms with E-state index in [1.807, 2.05) is 18.2 Å². The van der Waals surface area contributed by atoms with Gasteiger partial charge in [0.25, 0.3) is 5.91 Å². The maximum absolute atomic E-state index is 12.0. The van der Waals surface area contributed by atoms with E-state index in [-0.39, 0.29) is 18.4 Å². The molecule has 0 saturated heterocycles. The van der Waals surface area contributed by atoms with Gasteiger partial charge in [0.05, 0.1) is 6.54 Å². The van der Waals surface area contributed by atoms with Gasteiger partial charge in [-0.05, 0) is 24.5 Å². The normalized spacial score (nSPS) is 14.3. The summed E-state index contributed by atoms with van der Waals surface area (Å²) in [7, 11) is 0. The minimum absolute atomic E-state index is 0.199. The second kappa shape index (κ2) is 6.16. The molecular formula is C16H23N3O2. The molecule has 0 radical (unpaired) electrons. The highest BCUT2D eigenvalue weighted by molar-refractivity contribution is 5.87. The van der Waals surface area contributed by atoms with Gasteiger partial charge in [-0.25, -0.2) is 0 Å². The second-order valence-corrected chi connectivity index (χ2v) is 6.41. The molecule has 0 saturated carbocycles. The number of rotatable bonds is 2. The van der Waals surface area contributed by atoms with Gasteiger partial charge >= 0.3 is 0 Å². The Hall–Kier alpha value is -2.04. The first-order valence-corrected chi connectivity index (χ1v) is 7.30. The van der Waals surface area contributed by atoms with Crippen LogP contribution in [0.3, 0.4) is 0 Å². The zero-order chi connectivity index (χ0) is 15.5. The van der Waals surface area contributed by atoms with Crippen LogP contribution in [0.25, 0.3) is 0 Å². The monoisotopic (exact) mass is 289 g/mol. The van der Waals surface area contributed by atoms with Crippen LogP contribution in [-0.2, 0) is 16.0 Å². The van der Waals surface area contributed by atoms with Crippen LogP contribution in [-0.4, -0.2) is 24.9 Å². The van der Waals surface area contributed by atoms with E-state index in [0.717, 1.165) is 25.1 Å². The average Bonchev–Trinajstić information content (AvgIpc) is 2.44. The van der Waals surface area contributed by atoms with Gasteiger partial charge in [0.15, 0.2) is 0 Å². The van der Waals surface area contributed by atoms with Gasteiger partial charge in [-0.1, -0.05) is 39.0 Å². The molecule has 114 valence electrons. The van der Waals surface area contributed by atoms with Gasteiger partial charge in [0.1, 0.15) is 0 Å².